The van der Waals surface area contributed by atoms with Gasteiger partial charge in [-0.1, -0.05) is 17.7 Å². The largest absolute Gasteiger partial charge is 0.340 e. The molecule has 1 saturated heterocycles. The number of halogens is 1. The first-order chi connectivity index (χ1) is 11.6. The molecule has 0 aromatic carbocycles. The lowest BCUT2D eigenvalue weighted by molar-refractivity contribution is -0.133. The predicted octanol–water partition coefficient (Wildman–Crippen LogP) is 1.97. The summed E-state index contributed by atoms with van der Waals surface area (Å²) < 4.78 is 1.71. The Kier molecular flexibility index (Phi) is 5.48. The number of pyridine rings is 1. The van der Waals surface area contributed by atoms with E-state index in [1.165, 1.54) is 5.56 Å². The van der Waals surface area contributed by atoms with Gasteiger partial charge in [-0.25, -0.2) is 0 Å². The first kappa shape index (κ1) is 16.9. The minimum atomic E-state index is 0.176. The van der Waals surface area contributed by atoms with Crippen molar-refractivity contribution in [1.29, 1.82) is 0 Å². The summed E-state index contributed by atoms with van der Waals surface area (Å²) in [5.41, 5.74) is 2.33. The van der Waals surface area contributed by atoms with E-state index in [1.807, 2.05) is 17.2 Å². The normalized spacial score (nSPS) is 15.7. The highest BCUT2D eigenvalue weighted by Gasteiger charge is 2.21. The van der Waals surface area contributed by atoms with Crippen molar-refractivity contribution in [1.82, 2.24) is 24.6 Å². The van der Waals surface area contributed by atoms with E-state index in [0.29, 0.717) is 18.0 Å². The van der Waals surface area contributed by atoms with Crippen LogP contribution in [0.4, 0.5) is 0 Å². The first-order valence-electron chi connectivity index (χ1n) is 8.20. The molecule has 6 nitrogen and oxygen atoms in total. The second-order valence-corrected chi connectivity index (χ2v) is 6.53. The summed E-state index contributed by atoms with van der Waals surface area (Å²) in [7, 11) is 0. The SMILES string of the molecule is Cc1cccnc1CN1CCN(C(=O)CCn2cc(Cl)cn2)CC1. The minimum absolute atomic E-state index is 0.176. The smallest absolute Gasteiger partial charge is 0.224 e. The number of hydrogen-bond acceptors (Lipinski definition) is 4. The van der Waals surface area contributed by atoms with Crippen LogP contribution in [0.25, 0.3) is 0 Å². The Labute approximate surface area is 147 Å². The van der Waals surface area contributed by atoms with Crippen LogP contribution in [0.15, 0.2) is 30.7 Å². The molecule has 0 atom stereocenters. The van der Waals surface area contributed by atoms with Crippen molar-refractivity contribution >= 4 is 17.5 Å². The number of piperazine rings is 1. The molecule has 2 aromatic heterocycles. The highest BCUT2D eigenvalue weighted by molar-refractivity contribution is 6.30. The topological polar surface area (TPSA) is 54.3 Å². The van der Waals surface area contributed by atoms with Gasteiger partial charge >= 0.3 is 0 Å². The predicted molar refractivity (Wildman–Crippen MR) is 92.7 cm³/mol. The second-order valence-electron chi connectivity index (χ2n) is 6.10. The van der Waals surface area contributed by atoms with Gasteiger partial charge < -0.3 is 4.90 Å². The minimum Gasteiger partial charge on any atom is -0.340 e. The van der Waals surface area contributed by atoms with Crippen LogP contribution in [0.5, 0.6) is 0 Å². The lowest BCUT2D eigenvalue weighted by Gasteiger charge is -2.34. The monoisotopic (exact) mass is 347 g/mol. The summed E-state index contributed by atoms with van der Waals surface area (Å²) in [6.45, 7) is 6.81. The summed E-state index contributed by atoms with van der Waals surface area (Å²) in [5.74, 6) is 0.176. The standard InChI is InChI=1S/C17H22ClN5O/c1-14-3-2-5-19-16(14)13-21-7-9-22(10-8-21)17(24)4-6-23-12-15(18)11-20-23/h2-3,5,11-12H,4,6-10,13H2,1H3. The van der Waals surface area contributed by atoms with Crippen molar-refractivity contribution in [3.05, 3.63) is 47.0 Å². The van der Waals surface area contributed by atoms with Crippen molar-refractivity contribution in [3.8, 4) is 0 Å². The van der Waals surface area contributed by atoms with Crippen LogP contribution in [0.1, 0.15) is 17.7 Å². The van der Waals surface area contributed by atoms with E-state index in [9.17, 15) is 4.79 Å². The van der Waals surface area contributed by atoms with E-state index in [-0.39, 0.29) is 5.91 Å². The molecule has 1 aliphatic rings. The molecule has 2 aromatic rings. The Bertz CT molecular complexity index is 694. The molecule has 3 rings (SSSR count). The van der Waals surface area contributed by atoms with Gasteiger partial charge in [0.05, 0.1) is 16.9 Å². The van der Waals surface area contributed by atoms with Crippen LogP contribution in [-0.2, 0) is 17.9 Å². The Morgan fingerprint density at radius 3 is 2.75 bits per heavy atom. The highest BCUT2D eigenvalue weighted by atomic mass is 35.5. The zero-order valence-electron chi connectivity index (χ0n) is 13.9. The zero-order valence-corrected chi connectivity index (χ0v) is 14.6. The van der Waals surface area contributed by atoms with E-state index >= 15 is 0 Å². The van der Waals surface area contributed by atoms with Crippen LogP contribution in [0, 0.1) is 6.92 Å². The number of hydrogen-bond donors (Lipinski definition) is 0. The van der Waals surface area contributed by atoms with Crippen molar-refractivity contribution in [2.45, 2.75) is 26.4 Å². The summed E-state index contributed by atoms with van der Waals surface area (Å²) in [5, 5.41) is 4.70. The number of amides is 1. The average Bonchev–Trinajstić information content (AvgIpc) is 3.01. The van der Waals surface area contributed by atoms with Crippen molar-refractivity contribution < 1.29 is 4.79 Å². The Hall–Kier alpha value is -1.92. The number of carbonyl (C=O) groups excluding carboxylic acids is 1. The van der Waals surface area contributed by atoms with Crippen LogP contribution in [-0.4, -0.2) is 56.7 Å². The van der Waals surface area contributed by atoms with Gasteiger partial charge in [0.15, 0.2) is 0 Å². The summed E-state index contributed by atoms with van der Waals surface area (Å²) in [6.07, 6.45) is 5.62. The molecule has 1 aliphatic heterocycles. The number of nitrogens with zero attached hydrogens (tertiary/aromatic N) is 5. The third kappa shape index (κ3) is 4.33. The first-order valence-corrected chi connectivity index (χ1v) is 8.58. The Balaban J connectivity index is 1.44. The molecular formula is C17H22ClN5O. The molecule has 7 heteroatoms. The molecule has 0 unspecified atom stereocenters. The number of aromatic nitrogens is 3. The third-order valence-electron chi connectivity index (χ3n) is 4.37. The van der Waals surface area contributed by atoms with Crippen molar-refractivity contribution in [3.63, 3.8) is 0 Å². The molecule has 3 heterocycles. The maximum absolute atomic E-state index is 12.3. The Morgan fingerprint density at radius 1 is 1.29 bits per heavy atom. The van der Waals surface area contributed by atoms with Crippen LogP contribution < -0.4 is 0 Å². The molecule has 128 valence electrons. The Morgan fingerprint density at radius 2 is 2.08 bits per heavy atom. The van der Waals surface area contributed by atoms with Gasteiger partial charge in [-0.15, -0.1) is 0 Å². The number of aryl methyl sites for hydroxylation is 2. The lowest BCUT2D eigenvalue weighted by atomic mass is 10.2. The maximum Gasteiger partial charge on any atom is 0.224 e. The van der Waals surface area contributed by atoms with Crippen LogP contribution >= 0.6 is 11.6 Å². The molecule has 0 radical (unpaired) electrons. The summed E-state index contributed by atoms with van der Waals surface area (Å²) in [4.78, 5) is 21.1. The van der Waals surface area contributed by atoms with Gasteiger partial charge in [0, 0.05) is 58.1 Å². The molecular weight excluding hydrogens is 326 g/mol. The number of carbonyl (C=O) groups is 1. The molecule has 0 spiro atoms. The van der Waals surface area contributed by atoms with Gasteiger partial charge in [0.1, 0.15) is 0 Å². The fraction of sp³-hybridized carbons (Fsp3) is 0.471. The zero-order chi connectivity index (χ0) is 16.9. The number of rotatable bonds is 5. The highest BCUT2D eigenvalue weighted by Crippen LogP contribution is 2.11. The molecule has 0 saturated carbocycles. The van der Waals surface area contributed by atoms with Crippen molar-refractivity contribution in [2.24, 2.45) is 0 Å². The molecule has 0 bridgehead atoms. The van der Waals surface area contributed by atoms with E-state index in [4.69, 9.17) is 11.6 Å². The van der Waals surface area contributed by atoms with E-state index < -0.39 is 0 Å². The summed E-state index contributed by atoms with van der Waals surface area (Å²) >= 11 is 5.83. The molecule has 0 N–H and O–H groups in total. The second kappa shape index (κ2) is 7.77. The van der Waals surface area contributed by atoms with Gasteiger partial charge in [-0.05, 0) is 18.6 Å². The van der Waals surface area contributed by atoms with Gasteiger partial charge in [-0.3, -0.25) is 19.4 Å². The molecule has 1 fully saturated rings. The third-order valence-corrected chi connectivity index (χ3v) is 4.57. The van der Waals surface area contributed by atoms with Crippen molar-refractivity contribution in [2.75, 3.05) is 26.2 Å². The molecule has 0 aliphatic carbocycles. The van der Waals surface area contributed by atoms with Gasteiger partial charge in [0.2, 0.25) is 5.91 Å². The van der Waals surface area contributed by atoms with E-state index in [0.717, 1.165) is 38.4 Å². The van der Waals surface area contributed by atoms with Gasteiger partial charge in [-0.2, -0.15) is 5.10 Å². The van der Waals surface area contributed by atoms with Gasteiger partial charge in [0.25, 0.3) is 0 Å². The fourth-order valence-corrected chi connectivity index (χ4v) is 3.04. The van der Waals surface area contributed by atoms with E-state index in [1.54, 1.807) is 17.1 Å². The lowest BCUT2D eigenvalue weighted by Crippen LogP contribution is -2.48. The maximum atomic E-state index is 12.3. The average molecular weight is 348 g/mol. The quantitative estimate of drug-likeness (QED) is 0.830. The van der Waals surface area contributed by atoms with Crippen LogP contribution in [0.3, 0.4) is 0 Å². The van der Waals surface area contributed by atoms with Crippen LogP contribution in [0.2, 0.25) is 5.02 Å². The molecule has 1 amide bonds. The van der Waals surface area contributed by atoms with E-state index in [2.05, 4.69) is 28.0 Å². The molecule has 24 heavy (non-hydrogen) atoms. The summed E-state index contributed by atoms with van der Waals surface area (Å²) in [6, 6.07) is 4.05. The fourth-order valence-electron chi connectivity index (χ4n) is 2.88.